The molecule has 4 saturated carbocycles. The highest BCUT2D eigenvalue weighted by Gasteiger charge is 2.52. The van der Waals surface area contributed by atoms with Crippen LogP contribution in [0.1, 0.15) is 72.5 Å². The number of methoxy groups -OCH3 is 1. The second-order valence-corrected chi connectivity index (χ2v) is 10.4. The summed E-state index contributed by atoms with van der Waals surface area (Å²) in [7, 11) is 1.62. The first-order valence-corrected chi connectivity index (χ1v) is 12.4. The number of carbonyl (C=O) groups is 1. The Balaban J connectivity index is 1.41. The fourth-order valence-electron chi connectivity index (χ4n) is 6.83. The van der Waals surface area contributed by atoms with Gasteiger partial charge in [-0.25, -0.2) is 4.79 Å². The van der Waals surface area contributed by atoms with Crippen molar-refractivity contribution in [3.05, 3.63) is 64.7 Å². The van der Waals surface area contributed by atoms with E-state index in [1.165, 1.54) is 44.1 Å². The number of carboxylic acids is 1. The summed E-state index contributed by atoms with van der Waals surface area (Å²) in [6, 6.07) is 13.5. The van der Waals surface area contributed by atoms with Crippen molar-refractivity contribution >= 4 is 18.1 Å². The maximum atomic E-state index is 11.1. The zero-order valence-electron chi connectivity index (χ0n) is 20.0. The van der Waals surface area contributed by atoms with Crippen molar-refractivity contribution in [1.29, 1.82) is 0 Å². The zero-order chi connectivity index (χ0) is 23.7. The monoisotopic (exact) mass is 462 g/mol. The number of benzene rings is 2. The van der Waals surface area contributed by atoms with Gasteiger partial charge in [0, 0.05) is 12.7 Å². The molecule has 0 saturated heterocycles. The van der Waals surface area contributed by atoms with Gasteiger partial charge in [0.2, 0.25) is 0 Å². The van der Waals surface area contributed by atoms with Crippen LogP contribution in [0.25, 0.3) is 12.2 Å². The van der Waals surface area contributed by atoms with Crippen molar-refractivity contribution in [3.63, 3.8) is 0 Å². The number of aromatic carboxylic acids is 1. The van der Waals surface area contributed by atoms with Crippen molar-refractivity contribution in [3.8, 4) is 5.75 Å². The minimum absolute atomic E-state index is 0.151. The largest absolute Gasteiger partial charge is 0.478 e. The molecule has 0 spiro atoms. The Morgan fingerprint density at radius 3 is 2.18 bits per heavy atom. The molecule has 4 fully saturated rings. The molecule has 2 aromatic carbocycles. The molecule has 1 atom stereocenters. The number of hydrogen-bond donors (Lipinski definition) is 1. The Hall–Kier alpha value is -2.63. The van der Waals surface area contributed by atoms with Gasteiger partial charge in [-0.2, -0.15) is 0 Å². The first-order chi connectivity index (χ1) is 16.4. The smallest absolute Gasteiger partial charge is 0.335 e. The van der Waals surface area contributed by atoms with Gasteiger partial charge in [-0.3, -0.25) is 0 Å². The number of carboxylic acid groups (broad SMARTS) is 1. The summed E-state index contributed by atoms with van der Waals surface area (Å²) in [5.74, 6) is 2.57. The van der Waals surface area contributed by atoms with E-state index >= 15 is 0 Å². The first kappa shape index (κ1) is 23.1. The Labute approximate surface area is 201 Å². The lowest BCUT2D eigenvalue weighted by Crippen LogP contribution is -2.48. The Bertz CT molecular complexity index is 1020. The van der Waals surface area contributed by atoms with Gasteiger partial charge in [0.1, 0.15) is 5.75 Å². The van der Waals surface area contributed by atoms with Crippen LogP contribution < -0.4 is 4.74 Å². The molecule has 0 heterocycles. The van der Waals surface area contributed by atoms with Gasteiger partial charge >= 0.3 is 5.97 Å². The lowest BCUT2D eigenvalue weighted by molar-refractivity contribution is -0.150. The molecular weight excluding hydrogens is 428 g/mol. The average Bonchev–Trinajstić information content (AvgIpc) is 2.82. The van der Waals surface area contributed by atoms with E-state index in [0.29, 0.717) is 0 Å². The minimum Gasteiger partial charge on any atom is -0.478 e. The van der Waals surface area contributed by atoms with Gasteiger partial charge in [0.05, 0.1) is 5.56 Å². The second kappa shape index (κ2) is 9.55. The number of rotatable bonds is 9. The fourth-order valence-corrected chi connectivity index (χ4v) is 6.83. The Kier molecular flexibility index (Phi) is 6.50. The van der Waals surface area contributed by atoms with E-state index in [9.17, 15) is 4.79 Å². The third-order valence-corrected chi connectivity index (χ3v) is 8.09. The molecule has 0 amide bonds. The molecule has 5 heteroatoms. The van der Waals surface area contributed by atoms with Crippen LogP contribution in [0.4, 0.5) is 0 Å². The summed E-state index contributed by atoms with van der Waals surface area (Å²) in [5, 5.41) is 9.10. The summed E-state index contributed by atoms with van der Waals surface area (Å²) >= 11 is 0. The summed E-state index contributed by atoms with van der Waals surface area (Å²) in [6.07, 6.45) is 11.8. The van der Waals surface area contributed by atoms with Crippen LogP contribution in [-0.4, -0.2) is 31.3 Å². The molecule has 4 aliphatic carbocycles. The summed E-state index contributed by atoms with van der Waals surface area (Å²) < 4.78 is 17.1. The van der Waals surface area contributed by atoms with Crippen LogP contribution in [0.5, 0.6) is 5.75 Å². The van der Waals surface area contributed by atoms with E-state index in [1.807, 2.05) is 31.2 Å². The van der Waals surface area contributed by atoms with Crippen molar-refractivity contribution in [2.24, 2.45) is 17.8 Å². The van der Waals surface area contributed by atoms with Crippen molar-refractivity contribution in [2.45, 2.75) is 57.2 Å². The van der Waals surface area contributed by atoms with Crippen LogP contribution in [0.2, 0.25) is 0 Å². The molecule has 0 aromatic heterocycles. The minimum atomic E-state index is -0.914. The summed E-state index contributed by atoms with van der Waals surface area (Å²) in [5.41, 5.74) is 3.85. The topological polar surface area (TPSA) is 65.0 Å². The molecule has 34 heavy (non-hydrogen) atoms. The predicted octanol–water partition coefficient (Wildman–Crippen LogP) is 6.37. The van der Waals surface area contributed by atoms with Crippen LogP contribution >= 0.6 is 0 Å². The van der Waals surface area contributed by atoms with Crippen molar-refractivity contribution in [2.75, 3.05) is 13.9 Å². The number of hydrogen-bond acceptors (Lipinski definition) is 4. The Morgan fingerprint density at radius 2 is 1.59 bits per heavy atom. The third kappa shape index (κ3) is 4.77. The highest BCUT2D eigenvalue weighted by molar-refractivity contribution is 5.88. The van der Waals surface area contributed by atoms with Crippen LogP contribution in [-0.2, 0) is 14.9 Å². The first-order valence-electron chi connectivity index (χ1n) is 12.4. The van der Waals surface area contributed by atoms with E-state index < -0.39 is 5.97 Å². The standard InChI is InChI=1S/C29H34O5/c1-19(32-2)33-18-34-27-14-21(4-3-20-5-8-25(9-6-20)28(30)31)7-10-26(27)29-15-22-11-23(16-29)13-24(12-22)17-29/h3-10,14,19,22-24H,11-13,15-18H2,1-2H3,(H,30,31)/b4-3+. The molecule has 2 aromatic rings. The SMILES string of the molecule is COC(C)OCOc1cc(/C=C/c2ccc(C(=O)O)cc2)ccc1C12CC3CC(CC(C3)C1)C2. The molecule has 5 nitrogen and oxygen atoms in total. The van der Waals surface area contributed by atoms with Crippen LogP contribution in [0.3, 0.4) is 0 Å². The van der Waals surface area contributed by atoms with Crippen LogP contribution in [0, 0.1) is 17.8 Å². The number of ether oxygens (including phenoxy) is 3. The van der Waals surface area contributed by atoms with Gasteiger partial charge in [-0.15, -0.1) is 0 Å². The predicted molar refractivity (Wildman–Crippen MR) is 132 cm³/mol. The summed E-state index contributed by atoms with van der Waals surface area (Å²) in [6.45, 7) is 2.01. The lowest BCUT2D eigenvalue weighted by atomic mass is 9.48. The van der Waals surface area contributed by atoms with E-state index in [4.69, 9.17) is 19.3 Å². The molecule has 0 radical (unpaired) electrons. The molecule has 6 rings (SSSR count). The lowest BCUT2D eigenvalue weighted by Gasteiger charge is -2.57. The molecule has 1 N–H and O–H groups in total. The van der Waals surface area contributed by atoms with E-state index in [0.717, 1.165) is 34.6 Å². The quantitative estimate of drug-likeness (QED) is 0.347. The molecule has 4 aliphatic rings. The third-order valence-electron chi connectivity index (χ3n) is 8.09. The summed E-state index contributed by atoms with van der Waals surface area (Å²) in [4.78, 5) is 11.1. The van der Waals surface area contributed by atoms with E-state index in [-0.39, 0.29) is 24.1 Å². The van der Waals surface area contributed by atoms with Gasteiger partial charge in [-0.1, -0.05) is 36.4 Å². The van der Waals surface area contributed by atoms with Crippen molar-refractivity contribution in [1.82, 2.24) is 0 Å². The Morgan fingerprint density at radius 1 is 1.00 bits per heavy atom. The van der Waals surface area contributed by atoms with E-state index in [1.54, 1.807) is 19.2 Å². The van der Waals surface area contributed by atoms with Gasteiger partial charge < -0.3 is 19.3 Å². The van der Waals surface area contributed by atoms with E-state index in [2.05, 4.69) is 18.2 Å². The molecular formula is C29H34O5. The average molecular weight is 463 g/mol. The maximum absolute atomic E-state index is 11.1. The molecule has 4 bridgehead atoms. The van der Waals surface area contributed by atoms with Crippen molar-refractivity contribution < 1.29 is 24.1 Å². The highest BCUT2D eigenvalue weighted by Crippen LogP contribution is 2.61. The van der Waals surface area contributed by atoms with Crippen LogP contribution in [0.15, 0.2) is 42.5 Å². The fraction of sp³-hybridized carbons (Fsp3) is 0.483. The maximum Gasteiger partial charge on any atom is 0.335 e. The van der Waals surface area contributed by atoms with Gasteiger partial charge in [0.15, 0.2) is 13.1 Å². The zero-order valence-corrected chi connectivity index (χ0v) is 20.0. The van der Waals surface area contributed by atoms with Gasteiger partial charge in [0.25, 0.3) is 0 Å². The second-order valence-electron chi connectivity index (χ2n) is 10.4. The molecule has 1 unspecified atom stereocenters. The highest BCUT2D eigenvalue weighted by atomic mass is 16.7. The van der Waals surface area contributed by atoms with Gasteiger partial charge in [-0.05, 0) is 97.9 Å². The molecule has 0 aliphatic heterocycles. The molecule has 180 valence electrons. The normalized spacial score (nSPS) is 28.4.